The lowest BCUT2D eigenvalue weighted by molar-refractivity contribution is 0.415. The summed E-state index contributed by atoms with van der Waals surface area (Å²) in [6.07, 6.45) is 2.70. The molecule has 1 aromatic rings. The van der Waals surface area contributed by atoms with E-state index in [4.69, 9.17) is 12.6 Å². The molecule has 0 amide bonds. The number of ether oxygens (including phenoxy) is 1. The number of rotatable bonds is 3. The lowest BCUT2D eigenvalue weighted by atomic mass is 9.90. The number of allylic oxidation sites excluding steroid dienone is 1. The molecule has 13 heavy (non-hydrogen) atoms. The summed E-state index contributed by atoms with van der Waals surface area (Å²) >= 11 is 0. The van der Waals surface area contributed by atoms with Gasteiger partial charge in [0.25, 0.3) is 0 Å². The first kappa shape index (κ1) is 9.91. The normalized spacial score (nSPS) is 9.69. The predicted octanol–water partition coefficient (Wildman–Crippen LogP) is 1.53. The van der Waals surface area contributed by atoms with Crippen molar-refractivity contribution < 1.29 is 4.74 Å². The van der Waals surface area contributed by atoms with Crippen LogP contribution in [0.1, 0.15) is 11.1 Å². The SMILES string of the molecule is [B]c1cc(CC=C)cc(C)c1OC. The van der Waals surface area contributed by atoms with Crippen molar-refractivity contribution in [1.82, 2.24) is 0 Å². The molecule has 0 bridgehead atoms. The Morgan fingerprint density at radius 2 is 2.23 bits per heavy atom. The van der Waals surface area contributed by atoms with E-state index in [2.05, 4.69) is 12.6 Å². The lowest BCUT2D eigenvalue weighted by Gasteiger charge is -2.10. The van der Waals surface area contributed by atoms with Crippen molar-refractivity contribution in [3.63, 3.8) is 0 Å². The zero-order valence-corrected chi connectivity index (χ0v) is 8.13. The summed E-state index contributed by atoms with van der Waals surface area (Å²) in [5, 5.41) is 0. The molecule has 0 heterocycles. The van der Waals surface area contributed by atoms with Gasteiger partial charge in [0.2, 0.25) is 0 Å². The van der Waals surface area contributed by atoms with Crippen LogP contribution in [0.15, 0.2) is 24.8 Å². The summed E-state index contributed by atoms with van der Waals surface area (Å²) in [4.78, 5) is 0. The highest BCUT2D eigenvalue weighted by molar-refractivity contribution is 6.34. The predicted molar refractivity (Wildman–Crippen MR) is 57.0 cm³/mol. The number of methoxy groups -OCH3 is 1. The second-order valence-electron chi connectivity index (χ2n) is 3.03. The minimum atomic E-state index is 0.694. The molecule has 2 radical (unpaired) electrons. The van der Waals surface area contributed by atoms with Gasteiger partial charge in [-0.1, -0.05) is 23.7 Å². The first-order valence-corrected chi connectivity index (χ1v) is 4.23. The molecule has 0 spiro atoms. The van der Waals surface area contributed by atoms with Gasteiger partial charge in [-0.15, -0.1) is 6.58 Å². The Morgan fingerprint density at radius 3 is 2.69 bits per heavy atom. The molecule has 1 nitrogen and oxygen atoms in total. The summed E-state index contributed by atoms with van der Waals surface area (Å²) in [5.41, 5.74) is 2.93. The van der Waals surface area contributed by atoms with Crippen LogP contribution in [0.5, 0.6) is 5.75 Å². The van der Waals surface area contributed by atoms with Crippen molar-refractivity contribution in [2.75, 3.05) is 7.11 Å². The molecule has 0 saturated heterocycles. The molecule has 0 aliphatic rings. The largest absolute Gasteiger partial charge is 0.497 e. The molecule has 0 N–H and O–H groups in total. The molecule has 2 heteroatoms. The highest BCUT2D eigenvalue weighted by atomic mass is 16.5. The average Bonchev–Trinajstić information content (AvgIpc) is 2.04. The van der Waals surface area contributed by atoms with E-state index < -0.39 is 0 Å². The number of hydrogen-bond donors (Lipinski definition) is 0. The Kier molecular flexibility index (Phi) is 3.18. The molecule has 0 fully saturated rings. The van der Waals surface area contributed by atoms with Crippen LogP contribution in [-0.2, 0) is 6.42 Å². The van der Waals surface area contributed by atoms with E-state index in [1.165, 1.54) is 5.56 Å². The molecule has 0 aliphatic carbocycles. The molecule has 0 aliphatic heterocycles. The van der Waals surface area contributed by atoms with Gasteiger partial charge in [0.05, 0.1) is 7.11 Å². The van der Waals surface area contributed by atoms with Crippen LogP contribution in [0.2, 0.25) is 0 Å². The fraction of sp³-hybridized carbons (Fsp3) is 0.273. The van der Waals surface area contributed by atoms with Gasteiger partial charge >= 0.3 is 0 Å². The Bertz CT molecular complexity index is 295. The zero-order valence-electron chi connectivity index (χ0n) is 8.13. The molecule has 0 atom stereocenters. The molecule has 0 unspecified atom stereocenters. The summed E-state index contributed by atoms with van der Waals surface area (Å²) in [5.74, 6) is 0.771. The van der Waals surface area contributed by atoms with Crippen molar-refractivity contribution in [2.24, 2.45) is 0 Å². The van der Waals surface area contributed by atoms with E-state index in [0.29, 0.717) is 5.46 Å². The highest BCUT2D eigenvalue weighted by Crippen LogP contribution is 2.15. The maximum absolute atomic E-state index is 5.80. The minimum Gasteiger partial charge on any atom is -0.497 e. The topological polar surface area (TPSA) is 9.23 Å². The third-order valence-corrected chi connectivity index (χ3v) is 1.95. The standard InChI is InChI=1S/C11H13BO/c1-4-5-9-6-8(2)11(13-3)10(12)7-9/h4,6-7H,1,5H2,2-3H3. The number of aryl methyl sites for hydroxylation is 1. The molecule has 1 aromatic carbocycles. The first-order chi connectivity index (χ1) is 6.19. The van der Waals surface area contributed by atoms with Crippen LogP contribution in [0.4, 0.5) is 0 Å². The van der Waals surface area contributed by atoms with Gasteiger partial charge < -0.3 is 4.74 Å². The van der Waals surface area contributed by atoms with Crippen LogP contribution in [0, 0.1) is 6.92 Å². The van der Waals surface area contributed by atoms with Crippen LogP contribution >= 0.6 is 0 Å². The van der Waals surface area contributed by atoms with Crippen LogP contribution < -0.4 is 10.2 Å². The number of hydrogen-bond acceptors (Lipinski definition) is 1. The van der Waals surface area contributed by atoms with Gasteiger partial charge in [-0.05, 0) is 24.5 Å². The van der Waals surface area contributed by atoms with E-state index in [-0.39, 0.29) is 0 Å². The van der Waals surface area contributed by atoms with E-state index in [0.717, 1.165) is 17.7 Å². The van der Waals surface area contributed by atoms with Gasteiger partial charge in [0, 0.05) is 0 Å². The van der Waals surface area contributed by atoms with Crippen molar-refractivity contribution in [3.8, 4) is 5.75 Å². The molecule has 0 saturated carbocycles. The van der Waals surface area contributed by atoms with Crippen molar-refractivity contribution in [1.29, 1.82) is 0 Å². The zero-order chi connectivity index (χ0) is 9.84. The van der Waals surface area contributed by atoms with Crippen molar-refractivity contribution in [2.45, 2.75) is 13.3 Å². The van der Waals surface area contributed by atoms with E-state index in [1.54, 1.807) is 7.11 Å². The Morgan fingerprint density at radius 1 is 1.54 bits per heavy atom. The maximum Gasteiger partial charge on any atom is 0.119 e. The molecular formula is C11H13BO. The highest BCUT2D eigenvalue weighted by Gasteiger charge is 2.03. The van der Waals surface area contributed by atoms with Crippen molar-refractivity contribution >= 4 is 13.3 Å². The molecule has 66 valence electrons. The van der Waals surface area contributed by atoms with Crippen LogP contribution in [0.3, 0.4) is 0 Å². The summed E-state index contributed by atoms with van der Waals surface area (Å²) in [7, 11) is 7.43. The average molecular weight is 172 g/mol. The van der Waals surface area contributed by atoms with Gasteiger partial charge in [-0.3, -0.25) is 0 Å². The van der Waals surface area contributed by atoms with E-state index >= 15 is 0 Å². The second kappa shape index (κ2) is 4.17. The van der Waals surface area contributed by atoms with E-state index in [1.807, 2.05) is 19.1 Å². The summed E-state index contributed by atoms with van der Waals surface area (Å²) in [6, 6.07) is 3.99. The molecular weight excluding hydrogens is 159 g/mol. The van der Waals surface area contributed by atoms with Gasteiger partial charge in [0.1, 0.15) is 13.6 Å². The van der Waals surface area contributed by atoms with E-state index in [9.17, 15) is 0 Å². The monoisotopic (exact) mass is 172 g/mol. The Hall–Kier alpha value is -1.18. The molecule has 0 aromatic heterocycles. The second-order valence-corrected chi connectivity index (χ2v) is 3.03. The first-order valence-electron chi connectivity index (χ1n) is 4.23. The molecule has 1 rings (SSSR count). The van der Waals surface area contributed by atoms with Gasteiger partial charge in [0.15, 0.2) is 0 Å². The fourth-order valence-electron chi connectivity index (χ4n) is 1.44. The third-order valence-electron chi connectivity index (χ3n) is 1.95. The Labute approximate surface area is 80.8 Å². The van der Waals surface area contributed by atoms with Crippen LogP contribution in [-0.4, -0.2) is 15.0 Å². The van der Waals surface area contributed by atoms with Crippen molar-refractivity contribution in [3.05, 3.63) is 35.9 Å². The summed E-state index contributed by atoms with van der Waals surface area (Å²) in [6.45, 7) is 5.67. The van der Waals surface area contributed by atoms with Crippen LogP contribution in [0.25, 0.3) is 0 Å². The third kappa shape index (κ3) is 2.14. The maximum atomic E-state index is 5.80. The van der Waals surface area contributed by atoms with Gasteiger partial charge in [-0.25, -0.2) is 0 Å². The Balaban J connectivity index is 3.12. The quantitative estimate of drug-likeness (QED) is 0.496. The smallest absolute Gasteiger partial charge is 0.119 e. The lowest BCUT2D eigenvalue weighted by Crippen LogP contribution is -2.10. The number of benzene rings is 1. The van der Waals surface area contributed by atoms with Gasteiger partial charge in [-0.2, -0.15) is 0 Å². The minimum absolute atomic E-state index is 0.694. The fourth-order valence-corrected chi connectivity index (χ4v) is 1.44. The summed E-state index contributed by atoms with van der Waals surface area (Å²) < 4.78 is 5.16.